The molecule has 0 N–H and O–H groups in total. The molecule has 0 fully saturated rings. The Morgan fingerprint density at radius 2 is 1.73 bits per heavy atom. The second-order valence-corrected chi connectivity index (χ2v) is 7.09. The Hall–Kier alpha value is -3.47. The minimum Gasteiger partial charge on any atom is -0.488 e. The molecule has 152 valence electrons. The maximum absolute atomic E-state index is 12.1. The zero-order chi connectivity index (χ0) is 20.8. The van der Waals surface area contributed by atoms with Gasteiger partial charge in [0.15, 0.2) is 5.69 Å². The largest absolute Gasteiger partial charge is 0.488 e. The summed E-state index contributed by atoms with van der Waals surface area (Å²) in [6.45, 7) is 2.60. The van der Waals surface area contributed by atoms with Gasteiger partial charge in [-0.3, -0.25) is 4.98 Å². The maximum atomic E-state index is 12.1. The van der Waals surface area contributed by atoms with Gasteiger partial charge in [-0.25, -0.2) is 9.78 Å². The summed E-state index contributed by atoms with van der Waals surface area (Å²) >= 11 is 0. The lowest BCUT2D eigenvalue weighted by Gasteiger charge is -2.14. The van der Waals surface area contributed by atoms with E-state index in [1.165, 1.54) is 11.8 Å². The van der Waals surface area contributed by atoms with Crippen LogP contribution >= 0.6 is 0 Å². The Morgan fingerprint density at radius 1 is 0.967 bits per heavy atom. The summed E-state index contributed by atoms with van der Waals surface area (Å²) in [6, 6.07) is 18.2. The molecule has 0 aliphatic heterocycles. The molecule has 4 rings (SSSR count). The van der Waals surface area contributed by atoms with Crippen LogP contribution in [0.25, 0.3) is 11.1 Å². The standard InChI is InChI=1S/C25H24N2O3/c1-2-29-25(28)23-16-26-15-22(27-23)20-13-8-12-19(20)21-11-6-7-14-24(21)30-17-18-9-4-3-5-10-18/h3-7,9-11,14-16H,2,8,12-13,17H2,1H3. The molecule has 5 heteroatoms. The van der Waals surface area contributed by atoms with Gasteiger partial charge in [-0.05, 0) is 49.0 Å². The zero-order valence-corrected chi connectivity index (χ0v) is 17.0. The number of hydrogen-bond acceptors (Lipinski definition) is 5. The predicted molar refractivity (Wildman–Crippen MR) is 116 cm³/mol. The fourth-order valence-electron chi connectivity index (χ4n) is 3.72. The van der Waals surface area contributed by atoms with E-state index in [1.807, 2.05) is 36.4 Å². The van der Waals surface area contributed by atoms with Crippen molar-refractivity contribution < 1.29 is 14.3 Å². The summed E-state index contributed by atoms with van der Waals surface area (Å²) in [7, 11) is 0. The number of nitrogens with zero attached hydrogens (tertiary/aromatic N) is 2. The van der Waals surface area contributed by atoms with Crippen LogP contribution in [0.2, 0.25) is 0 Å². The molecule has 1 heterocycles. The molecule has 0 saturated heterocycles. The number of para-hydroxylation sites is 1. The highest BCUT2D eigenvalue weighted by molar-refractivity contribution is 5.94. The van der Waals surface area contributed by atoms with Gasteiger partial charge in [0.2, 0.25) is 0 Å². The molecule has 0 unspecified atom stereocenters. The van der Waals surface area contributed by atoms with Gasteiger partial charge in [0.25, 0.3) is 0 Å². The number of rotatable bonds is 7. The number of carbonyl (C=O) groups is 1. The van der Waals surface area contributed by atoms with Gasteiger partial charge in [-0.15, -0.1) is 0 Å². The lowest BCUT2D eigenvalue weighted by molar-refractivity contribution is 0.0519. The highest BCUT2D eigenvalue weighted by Crippen LogP contribution is 2.42. The molecule has 2 aromatic carbocycles. The number of benzene rings is 2. The molecular formula is C25H24N2O3. The second-order valence-electron chi connectivity index (χ2n) is 7.09. The first-order valence-corrected chi connectivity index (χ1v) is 10.2. The molecule has 0 amide bonds. The summed E-state index contributed by atoms with van der Waals surface area (Å²) in [5.41, 5.74) is 5.48. The fourth-order valence-corrected chi connectivity index (χ4v) is 3.72. The summed E-state index contributed by atoms with van der Waals surface area (Å²) in [5.74, 6) is 0.406. The van der Waals surface area contributed by atoms with Crippen LogP contribution in [-0.4, -0.2) is 22.5 Å². The van der Waals surface area contributed by atoms with Gasteiger partial charge in [0.1, 0.15) is 12.4 Å². The molecule has 5 nitrogen and oxygen atoms in total. The van der Waals surface area contributed by atoms with E-state index in [0.717, 1.165) is 47.4 Å². The fraction of sp³-hybridized carbons (Fsp3) is 0.240. The van der Waals surface area contributed by atoms with Gasteiger partial charge in [0.05, 0.1) is 24.7 Å². The molecule has 1 aliphatic rings. The van der Waals surface area contributed by atoms with Crippen LogP contribution in [0.5, 0.6) is 5.75 Å². The number of ether oxygens (including phenoxy) is 2. The van der Waals surface area contributed by atoms with Gasteiger partial charge >= 0.3 is 5.97 Å². The van der Waals surface area contributed by atoms with Crippen molar-refractivity contribution in [2.45, 2.75) is 32.8 Å². The van der Waals surface area contributed by atoms with E-state index in [0.29, 0.717) is 13.2 Å². The first-order chi connectivity index (χ1) is 14.8. The molecule has 0 atom stereocenters. The third kappa shape index (κ3) is 4.40. The Balaban J connectivity index is 1.65. The number of aromatic nitrogens is 2. The molecule has 3 aromatic rings. The van der Waals surface area contributed by atoms with Crippen LogP contribution in [0.4, 0.5) is 0 Å². The predicted octanol–water partition coefficient (Wildman–Crippen LogP) is 5.33. The quantitative estimate of drug-likeness (QED) is 0.502. The van der Waals surface area contributed by atoms with Crippen molar-refractivity contribution in [1.82, 2.24) is 9.97 Å². The summed E-state index contributed by atoms with van der Waals surface area (Å²) in [6.07, 6.45) is 6.03. The van der Waals surface area contributed by atoms with Crippen molar-refractivity contribution in [1.29, 1.82) is 0 Å². The molecule has 30 heavy (non-hydrogen) atoms. The highest BCUT2D eigenvalue weighted by atomic mass is 16.5. The van der Waals surface area contributed by atoms with E-state index >= 15 is 0 Å². The summed E-state index contributed by atoms with van der Waals surface area (Å²) < 4.78 is 11.2. The average Bonchev–Trinajstić information content (AvgIpc) is 3.29. The van der Waals surface area contributed by atoms with Crippen LogP contribution in [0.15, 0.2) is 67.0 Å². The Bertz CT molecular complexity index is 1060. The second kappa shape index (κ2) is 9.35. The van der Waals surface area contributed by atoms with Gasteiger partial charge in [-0.2, -0.15) is 0 Å². The zero-order valence-electron chi connectivity index (χ0n) is 17.0. The van der Waals surface area contributed by atoms with E-state index in [2.05, 4.69) is 28.2 Å². The van der Waals surface area contributed by atoms with Crippen molar-refractivity contribution in [2.24, 2.45) is 0 Å². The Labute approximate surface area is 176 Å². The minimum atomic E-state index is -0.446. The van der Waals surface area contributed by atoms with Crippen molar-refractivity contribution in [3.05, 3.63) is 89.5 Å². The smallest absolute Gasteiger partial charge is 0.358 e. The van der Waals surface area contributed by atoms with E-state index in [9.17, 15) is 4.79 Å². The summed E-state index contributed by atoms with van der Waals surface area (Å²) in [5, 5.41) is 0. The van der Waals surface area contributed by atoms with Crippen LogP contribution < -0.4 is 4.74 Å². The van der Waals surface area contributed by atoms with Crippen LogP contribution in [-0.2, 0) is 11.3 Å². The van der Waals surface area contributed by atoms with Crippen molar-refractivity contribution in [2.75, 3.05) is 6.61 Å². The van der Waals surface area contributed by atoms with Crippen LogP contribution in [0.3, 0.4) is 0 Å². The van der Waals surface area contributed by atoms with Crippen molar-refractivity contribution in [3.63, 3.8) is 0 Å². The Morgan fingerprint density at radius 3 is 2.57 bits per heavy atom. The first-order valence-electron chi connectivity index (χ1n) is 10.2. The molecular weight excluding hydrogens is 376 g/mol. The van der Waals surface area contributed by atoms with E-state index in [1.54, 1.807) is 13.1 Å². The third-order valence-corrected chi connectivity index (χ3v) is 5.10. The lowest BCUT2D eigenvalue weighted by atomic mass is 9.99. The Kier molecular flexibility index (Phi) is 6.18. The maximum Gasteiger partial charge on any atom is 0.358 e. The van der Waals surface area contributed by atoms with Gasteiger partial charge in [-0.1, -0.05) is 48.5 Å². The lowest BCUT2D eigenvalue weighted by Crippen LogP contribution is -2.09. The van der Waals surface area contributed by atoms with Gasteiger partial charge in [0, 0.05) is 5.56 Å². The SMILES string of the molecule is CCOC(=O)c1cncc(C2=C(c3ccccc3OCc3ccccc3)CCC2)n1. The van der Waals surface area contributed by atoms with E-state index < -0.39 is 5.97 Å². The first kappa shape index (κ1) is 19.8. The number of esters is 1. The summed E-state index contributed by atoms with van der Waals surface area (Å²) in [4.78, 5) is 20.8. The highest BCUT2D eigenvalue weighted by Gasteiger charge is 2.22. The monoisotopic (exact) mass is 400 g/mol. The average molecular weight is 400 g/mol. The van der Waals surface area contributed by atoms with E-state index in [-0.39, 0.29) is 5.69 Å². The molecule has 1 aliphatic carbocycles. The third-order valence-electron chi connectivity index (χ3n) is 5.10. The van der Waals surface area contributed by atoms with E-state index in [4.69, 9.17) is 9.47 Å². The van der Waals surface area contributed by atoms with Crippen LogP contribution in [0.1, 0.15) is 53.5 Å². The van der Waals surface area contributed by atoms with Crippen molar-refractivity contribution >= 4 is 17.1 Å². The molecule has 1 aromatic heterocycles. The molecule has 0 bridgehead atoms. The number of allylic oxidation sites excluding steroid dienone is 2. The van der Waals surface area contributed by atoms with Crippen LogP contribution in [0, 0.1) is 0 Å². The minimum absolute atomic E-state index is 0.238. The normalized spacial score (nSPS) is 13.4. The topological polar surface area (TPSA) is 61.3 Å². The molecule has 0 radical (unpaired) electrons. The number of carbonyl (C=O) groups excluding carboxylic acids is 1. The van der Waals surface area contributed by atoms with Gasteiger partial charge < -0.3 is 9.47 Å². The van der Waals surface area contributed by atoms with Crippen molar-refractivity contribution in [3.8, 4) is 5.75 Å². The molecule has 0 saturated carbocycles. The number of hydrogen-bond donors (Lipinski definition) is 0. The molecule has 0 spiro atoms.